The highest BCUT2D eigenvalue weighted by atomic mass is 16.2. The molecule has 80 valence electrons. The van der Waals surface area contributed by atoms with E-state index in [1.807, 2.05) is 4.90 Å². The number of rotatable bonds is 2. The van der Waals surface area contributed by atoms with Gasteiger partial charge in [-0.1, -0.05) is 6.92 Å². The molecule has 2 rings (SSSR count). The van der Waals surface area contributed by atoms with Gasteiger partial charge >= 0.3 is 0 Å². The Hall–Kier alpha value is -0.570. The predicted molar refractivity (Wildman–Crippen MR) is 55.7 cm³/mol. The number of nitrogens with two attached hydrogens (primary N) is 1. The quantitative estimate of drug-likeness (QED) is 0.715. The first-order valence-corrected chi connectivity index (χ1v) is 5.65. The minimum atomic E-state index is -0.220. The van der Waals surface area contributed by atoms with Crippen LogP contribution in [-0.4, -0.2) is 29.4 Å². The van der Waals surface area contributed by atoms with E-state index in [1.165, 1.54) is 0 Å². The van der Waals surface area contributed by atoms with Gasteiger partial charge in [0.05, 0.1) is 6.04 Å². The summed E-state index contributed by atoms with van der Waals surface area (Å²) in [5.41, 5.74) is 5.92. The maximum Gasteiger partial charge on any atom is 0.240 e. The molecule has 1 aliphatic heterocycles. The second kappa shape index (κ2) is 3.54. The Bertz CT molecular complexity index is 237. The van der Waals surface area contributed by atoms with Crippen LogP contribution in [0, 0.1) is 11.8 Å². The Labute approximate surface area is 85.6 Å². The van der Waals surface area contributed by atoms with Crippen molar-refractivity contribution in [1.82, 2.24) is 4.90 Å². The summed E-state index contributed by atoms with van der Waals surface area (Å²) in [5.74, 6) is 1.30. The van der Waals surface area contributed by atoms with Gasteiger partial charge in [0, 0.05) is 12.6 Å². The summed E-state index contributed by atoms with van der Waals surface area (Å²) < 4.78 is 0. The molecular formula is C11H20N2O. The van der Waals surface area contributed by atoms with Gasteiger partial charge in [-0.3, -0.25) is 4.79 Å². The number of carbonyl (C=O) groups is 1. The van der Waals surface area contributed by atoms with Crippen LogP contribution in [-0.2, 0) is 4.79 Å². The molecule has 1 aliphatic carbocycles. The van der Waals surface area contributed by atoms with Crippen molar-refractivity contribution in [2.24, 2.45) is 17.6 Å². The highest BCUT2D eigenvalue weighted by Crippen LogP contribution is 2.33. The Balaban J connectivity index is 1.96. The van der Waals surface area contributed by atoms with Crippen molar-refractivity contribution in [1.29, 1.82) is 0 Å². The van der Waals surface area contributed by atoms with Crippen LogP contribution >= 0.6 is 0 Å². The Kier molecular flexibility index (Phi) is 2.52. The number of hydrogen-bond donors (Lipinski definition) is 1. The zero-order valence-electron chi connectivity index (χ0n) is 9.07. The van der Waals surface area contributed by atoms with E-state index < -0.39 is 0 Å². The molecule has 3 heteroatoms. The van der Waals surface area contributed by atoms with Crippen molar-refractivity contribution < 1.29 is 4.79 Å². The number of amides is 1. The largest absolute Gasteiger partial charge is 0.338 e. The van der Waals surface area contributed by atoms with Crippen molar-refractivity contribution in [3.05, 3.63) is 0 Å². The lowest BCUT2D eigenvalue weighted by molar-refractivity contribution is -0.133. The fourth-order valence-electron chi connectivity index (χ4n) is 2.46. The summed E-state index contributed by atoms with van der Waals surface area (Å²) in [6, 6.07) is 0.171. The van der Waals surface area contributed by atoms with Crippen LogP contribution in [0.25, 0.3) is 0 Å². The van der Waals surface area contributed by atoms with Gasteiger partial charge in [-0.2, -0.15) is 0 Å². The van der Waals surface area contributed by atoms with Gasteiger partial charge in [0.25, 0.3) is 0 Å². The molecule has 1 saturated heterocycles. The number of carbonyl (C=O) groups excluding carboxylic acids is 1. The van der Waals surface area contributed by atoms with Gasteiger partial charge in [0.15, 0.2) is 0 Å². The molecule has 3 atom stereocenters. The normalized spacial score (nSPS) is 34.6. The molecule has 2 aliphatic rings. The lowest BCUT2D eigenvalue weighted by Gasteiger charge is -2.24. The topological polar surface area (TPSA) is 46.3 Å². The molecule has 0 aromatic carbocycles. The predicted octanol–water partition coefficient (Wildman–Crippen LogP) is 0.981. The van der Waals surface area contributed by atoms with Gasteiger partial charge in [-0.25, -0.2) is 0 Å². The lowest BCUT2D eigenvalue weighted by atomic mass is 10.1. The summed E-state index contributed by atoms with van der Waals surface area (Å²) >= 11 is 0. The Morgan fingerprint density at radius 2 is 2.07 bits per heavy atom. The maximum atomic E-state index is 12.0. The van der Waals surface area contributed by atoms with E-state index in [9.17, 15) is 4.79 Å². The van der Waals surface area contributed by atoms with Crippen LogP contribution in [0.5, 0.6) is 0 Å². The number of nitrogens with zero attached hydrogens (tertiary/aromatic N) is 1. The molecule has 14 heavy (non-hydrogen) atoms. The van der Waals surface area contributed by atoms with E-state index in [4.69, 9.17) is 5.73 Å². The molecule has 2 N–H and O–H groups in total. The van der Waals surface area contributed by atoms with Gasteiger partial charge in [0.1, 0.15) is 0 Å². The van der Waals surface area contributed by atoms with Gasteiger partial charge in [0.2, 0.25) is 5.91 Å². The van der Waals surface area contributed by atoms with E-state index in [0.717, 1.165) is 25.8 Å². The van der Waals surface area contributed by atoms with Gasteiger partial charge in [-0.05, 0) is 38.0 Å². The molecule has 1 heterocycles. The summed E-state index contributed by atoms with van der Waals surface area (Å²) in [5, 5.41) is 0. The van der Waals surface area contributed by atoms with Crippen LogP contribution in [0.3, 0.4) is 0 Å². The summed E-state index contributed by atoms with van der Waals surface area (Å²) in [6.45, 7) is 5.23. The van der Waals surface area contributed by atoms with Crippen molar-refractivity contribution in [3.63, 3.8) is 0 Å². The van der Waals surface area contributed by atoms with E-state index in [0.29, 0.717) is 17.9 Å². The van der Waals surface area contributed by atoms with Gasteiger partial charge < -0.3 is 10.6 Å². The maximum absolute atomic E-state index is 12.0. The first-order valence-electron chi connectivity index (χ1n) is 5.65. The lowest BCUT2D eigenvalue weighted by Crippen LogP contribution is -2.46. The Morgan fingerprint density at radius 3 is 2.50 bits per heavy atom. The van der Waals surface area contributed by atoms with Crippen molar-refractivity contribution in [2.45, 2.75) is 45.2 Å². The molecule has 1 saturated carbocycles. The molecular weight excluding hydrogens is 176 g/mol. The molecule has 2 fully saturated rings. The average molecular weight is 196 g/mol. The van der Waals surface area contributed by atoms with Crippen molar-refractivity contribution in [2.75, 3.05) is 6.54 Å². The van der Waals surface area contributed by atoms with Crippen LogP contribution in [0.1, 0.15) is 33.1 Å². The molecule has 0 aromatic rings. The minimum Gasteiger partial charge on any atom is -0.338 e. The molecule has 0 bridgehead atoms. The molecule has 3 nitrogen and oxygen atoms in total. The first-order chi connectivity index (χ1) is 6.59. The summed E-state index contributed by atoms with van der Waals surface area (Å²) in [6.07, 6.45) is 3.42. The van der Waals surface area contributed by atoms with Crippen LogP contribution in [0.2, 0.25) is 0 Å². The van der Waals surface area contributed by atoms with Crippen molar-refractivity contribution >= 4 is 5.91 Å². The highest BCUT2D eigenvalue weighted by molar-refractivity contribution is 5.82. The fraction of sp³-hybridized carbons (Fsp3) is 0.909. The van der Waals surface area contributed by atoms with Crippen LogP contribution in [0.4, 0.5) is 0 Å². The van der Waals surface area contributed by atoms with E-state index in [-0.39, 0.29) is 11.9 Å². The highest BCUT2D eigenvalue weighted by Gasteiger charge is 2.39. The van der Waals surface area contributed by atoms with Crippen LogP contribution < -0.4 is 5.73 Å². The van der Waals surface area contributed by atoms with Crippen molar-refractivity contribution in [3.8, 4) is 0 Å². The van der Waals surface area contributed by atoms with Crippen LogP contribution in [0.15, 0.2) is 0 Å². The van der Waals surface area contributed by atoms with E-state index in [1.54, 1.807) is 0 Å². The molecule has 0 aromatic heterocycles. The fourth-order valence-corrected chi connectivity index (χ4v) is 2.46. The SMILES string of the molecule is CC1CC(C)N(C(=O)C(N)C2CC2)C1. The zero-order valence-corrected chi connectivity index (χ0v) is 9.07. The standard InChI is InChI=1S/C11H20N2O/c1-7-5-8(2)13(6-7)11(14)10(12)9-3-4-9/h7-10H,3-6,12H2,1-2H3. The monoisotopic (exact) mass is 196 g/mol. The molecule has 1 amide bonds. The molecule has 0 radical (unpaired) electrons. The van der Waals surface area contributed by atoms with E-state index in [2.05, 4.69) is 13.8 Å². The van der Waals surface area contributed by atoms with Gasteiger partial charge in [-0.15, -0.1) is 0 Å². The molecule has 0 spiro atoms. The summed E-state index contributed by atoms with van der Waals surface area (Å²) in [7, 11) is 0. The number of likely N-dealkylation sites (tertiary alicyclic amines) is 1. The zero-order chi connectivity index (χ0) is 10.3. The number of hydrogen-bond acceptors (Lipinski definition) is 2. The second-order valence-electron chi connectivity index (χ2n) is 5.04. The third-order valence-corrected chi connectivity index (χ3v) is 3.48. The minimum absolute atomic E-state index is 0.185. The average Bonchev–Trinajstić information content (AvgIpc) is 2.90. The molecule has 3 unspecified atom stereocenters. The second-order valence-corrected chi connectivity index (χ2v) is 5.04. The Morgan fingerprint density at radius 1 is 1.43 bits per heavy atom. The first kappa shape index (κ1) is 9.97. The third-order valence-electron chi connectivity index (χ3n) is 3.48. The smallest absolute Gasteiger partial charge is 0.240 e. The van der Waals surface area contributed by atoms with E-state index >= 15 is 0 Å². The summed E-state index contributed by atoms with van der Waals surface area (Å²) in [4.78, 5) is 14.0. The third kappa shape index (κ3) is 1.78.